The van der Waals surface area contributed by atoms with Crippen molar-refractivity contribution in [1.82, 2.24) is 0 Å². The maximum atomic E-state index is 2.48. The van der Waals surface area contributed by atoms with E-state index in [1.54, 1.807) is 0 Å². The lowest BCUT2D eigenvalue weighted by Gasteiger charge is -2.46. The number of thiophene rings is 1. The standard InChI is InChI=1S/C64H46N2S/c1-63(2)54-25-11-9-22-50(54)51-41-40-49(42-58(51)63)65(46-34-32-44(33-35-46)43-18-5-3-6-19-43)47-36-38-48(39-37-47)66-59-29-14-12-26-55(59)64(45-20-7-4-8-21-45,56-27-13-15-30-60(56)66)57-28-17-24-53-52-23-10-16-31-61(52)67-62(53)57/h3-42H,1-2H3. The lowest BCUT2D eigenvalue weighted by atomic mass is 9.62. The fourth-order valence-electron chi connectivity index (χ4n) is 11.5. The van der Waals surface area contributed by atoms with Gasteiger partial charge in [-0.2, -0.15) is 0 Å². The van der Waals surface area contributed by atoms with E-state index in [1.165, 1.54) is 87.2 Å². The molecule has 0 saturated carbocycles. The molecule has 1 aliphatic heterocycles. The minimum Gasteiger partial charge on any atom is -0.310 e. The fourth-order valence-corrected chi connectivity index (χ4v) is 12.7. The Morgan fingerprint density at radius 2 is 0.910 bits per heavy atom. The third-order valence-electron chi connectivity index (χ3n) is 14.5. The molecule has 67 heavy (non-hydrogen) atoms. The minimum atomic E-state index is -0.588. The molecule has 0 unspecified atom stereocenters. The summed E-state index contributed by atoms with van der Waals surface area (Å²) in [6.45, 7) is 4.72. The number of hydrogen-bond acceptors (Lipinski definition) is 3. The maximum Gasteiger partial charge on any atom is 0.0756 e. The zero-order valence-electron chi connectivity index (χ0n) is 37.4. The van der Waals surface area contributed by atoms with Crippen molar-refractivity contribution >= 4 is 65.6 Å². The van der Waals surface area contributed by atoms with E-state index in [-0.39, 0.29) is 5.41 Å². The van der Waals surface area contributed by atoms with E-state index in [2.05, 4.69) is 266 Å². The summed E-state index contributed by atoms with van der Waals surface area (Å²) in [5.41, 5.74) is 18.9. The number of hydrogen-bond donors (Lipinski definition) is 0. The predicted molar refractivity (Wildman–Crippen MR) is 284 cm³/mol. The van der Waals surface area contributed by atoms with Crippen LogP contribution in [0.5, 0.6) is 0 Å². The Labute approximate surface area is 396 Å². The van der Waals surface area contributed by atoms with Crippen LogP contribution in [-0.2, 0) is 10.8 Å². The van der Waals surface area contributed by atoms with Gasteiger partial charge in [0.25, 0.3) is 0 Å². The summed E-state index contributed by atoms with van der Waals surface area (Å²) in [4.78, 5) is 4.90. The quantitative estimate of drug-likeness (QED) is 0.157. The zero-order chi connectivity index (χ0) is 44.7. The van der Waals surface area contributed by atoms with E-state index >= 15 is 0 Å². The third kappa shape index (κ3) is 5.94. The van der Waals surface area contributed by atoms with Gasteiger partial charge in [-0.1, -0.05) is 190 Å². The summed E-state index contributed by atoms with van der Waals surface area (Å²) in [7, 11) is 0. The summed E-state index contributed by atoms with van der Waals surface area (Å²) in [5.74, 6) is 0. The van der Waals surface area contributed by atoms with Crippen LogP contribution < -0.4 is 9.80 Å². The minimum absolute atomic E-state index is 0.124. The second kappa shape index (κ2) is 15.3. The Kier molecular flexibility index (Phi) is 9.00. The summed E-state index contributed by atoms with van der Waals surface area (Å²) in [6, 6.07) is 90.0. The molecule has 2 heterocycles. The van der Waals surface area contributed by atoms with Crippen LogP contribution in [0.25, 0.3) is 42.4 Å². The number of benzene rings is 10. The Morgan fingerprint density at radius 1 is 0.388 bits per heavy atom. The van der Waals surface area contributed by atoms with Crippen LogP contribution in [0.15, 0.2) is 243 Å². The molecule has 0 N–H and O–H groups in total. The topological polar surface area (TPSA) is 6.48 Å². The van der Waals surface area contributed by atoms with Crippen molar-refractivity contribution in [3.05, 3.63) is 276 Å². The van der Waals surface area contributed by atoms with Crippen LogP contribution in [0.2, 0.25) is 0 Å². The average Bonchev–Trinajstić information content (AvgIpc) is 3.88. The highest BCUT2D eigenvalue weighted by Crippen LogP contribution is 2.60. The monoisotopic (exact) mass is 874 g/mol. The van der Waals surface area contributed by atoms with Crippen LogP contribution in [0.3, 0.4) is 0 Å². The lowest BCUT2D eigenvalue weighted by Crippen LogP contribution is -2.37. The second-order valence-electron chi connectivity index (χ2n) is 18.4. The van der Waals surface area contributed by atoms with Gasteiger partial charge in [-0.05, 0) is 122 Å². The average molecular weight is 875 g/mol. The molecule has 3 heteroatoms. The molecular formula is C64H46N2S. The molecule has 0 radical (unpaired) electrons. The SMILES string of the molecule is CC1(C)c2ccccc2-c2ccc(N(c3ccc(-c4ccccc4)cc3)c3ccc(N4c5ccccc5C(c5ccccc5)(c5cccc6c5sc5ccccc56)c5ccccc54)cc3)cc21. The highest BCUT2D eigenvalue weighted by atomic mass is 32.1. The van der Waals surface area contributed by atoms with Gasteiger partial charge in [0.05, 0.1) is 16.8 Å². The van der Waals surface area contributed by atoms with Crippen LogP contribution in [0.1, 0.15) is 47.2 Å². The van der Waals surface area contributed by atoms with Crippen LogP contribution >= 0.6 is 11.3 Å². The van der Waals surface area contributed by atoms with Crippen molar-refractivity contribution in [3.8, 4) is 22.3 Å². The van der Waals surface area contributed by atoms with Gasteiger partial charge in [-0.3, -0.25) is 0 Å². The first-order chi connectivity index (χ1) is 33.0. The fraction of sp³-hybridized carbons (Fsp3) is 0.0625. The number of anilines is 6. The van der Waals surface area contributed by atoms with Gasteiger partial charge in [-0.15, -0.1) is 11.3 Å². The molecule has 318 valence electrons. The highest BCUT2D eigenvalue weighted by Gasteiger charge is 2.47. The normalized spacial score (nSPS) is 14.0. The zero-order valence-corrected chi connectivity index (χ0v) is 38.2. The van der Waals surface area contributed by atoms with Crippen molar-refractivity contribution < 1.29 is 0 Å². The molecule has 10 aromatic carbocycles. The molecule has 2 nitrogen and oxygen atoms in total. The lowest BCUT2D eigenvalue weighted by molar-refractivity contribution is 0.660. The van der Waals surface area contributed by atoms with Gasteiger partial charge >= 0.3 is 0 Å². The molecule has 0 bridgehead atoms. The molecule has 0 atom stereocenters. The summed E-state index contributed by atoms with van der Waals surface area (Å²) >= 11 is 1.91. The number of nitrogens with zero attached hydrogens (tertiary/aromatic N) is 2. The van der Waals surface area contributed by atoms with Gasteiger partial charge < -0.3 is 9.80 Å². The number of rotatable bonds is 7. The smallest absolute Gasteiger partial charge is 0.0756 e. The third-order valence-corrected chi connectivity index (χ3v) is 15.8. The van der Waals surface area contributed by atoms with Gasteiger partial charge in [0.1, 0.15) is 0 Å². The molecule has 0 fully saturated rings. The molecule has 0 saturated heterocycles. The predicted octanol–water partition coefficient (Wildman–Crippen LogP) is 17.7. The highest BCUT2D eigenvalue weighted by molar-refractivity contribution is 7.26. The molecule has 0 spiro atoms. The van der Waals surface area contributed by atoms with Crippen LogP contribution in [0, 0.1) is 0 Å². The molecule has 0 amide bonds. The molecule has 13 rings (SSSR count). The van der Waals surface area contributed by atoms with Gasteiger partial charge in [-0.25, -0.2) is 0 Å². The van der Waals surface area contributed by atoms with E-state index in [9.17, 15) is 0 Å². The first-order valence-electron chi connectivity index (χ1n) is 23.3. The van der Waals surface area contributed by atoms with Crippen molar-refractivity contribution in [2.24, 2.45) is 0 Å². The number of para-hydroxylation sites is 2. The van der Waals surface area contributed by atoms with Gasteiger partial charge in [0.2, 0.25) is 0 Å². The van der Waals surface area contributed by atoms with Crippen molar-refractivity contribution in [3.63, 3.8) is 0 Å². The van der Waals surface area contributed by atoms with E-state index in [0.717, 1.165) is 22.7 Å². The van der Waals surface area contributed by atoms with Gasteiger partial charge in [0.15, 0.2) is 0 Å². The first-order valence-corrected chi connectivity index (χ1v) is 24.1. The molecule has 11 aromatic rings. The summed E-state index contributed by atoms with van der Waals surface area (Å²) < 4.78 is 2.63. The first kappa shape index (κ1) is 39.4. The van der Waals surface area contributed by atoms with Crippen molar-refractivity contribution in [2.75, 3.05) is 9.80 Å². The summed E-state index contributed by atoms with van der Waals surface area (Å²) in [5, 5.41) is 2.61. The number of fused-ring (bicyclic) bond motifs is 8. The van der Waals surface area contributed by atoms with E-state index in [4.69, 9.17) is 0 Å². The Morgan fingerprint density at radius 3 is 1.63 bits per heavy atom. The van der Waals surface area contributed by atoms with Crippen molar-refractivity contribution in [2.45, 2.75) is 24.7 Å². The van der Waals surface area contributed by atoms with Gasteiger partial charge in [0, 0.05) is 48.3 Å². The van der Waals surface area contributed by atoms with Crippen LogP contribution in [0.4, 0.5) is 34.1 Å². The molecular weight excluding hydrogens is 829 g/mol. The Bertz CT molecular complexity index is 3610. The van der Waals surface area contributed by atoms with E-state index in [1.807, 2.05) is 11.3 Å². The molecule has 1 aromatic heterocycles. The molecule has 2 aliphatic rings. The van der Waals surface area contributed by atoms with Crippen LogP contribution in [-0.4, -0.2) is 0 Å². The van der Waals surface area contributed by atoms with E-state index in [0.29, 0.717) is 0 Å². The van der Waals surface area contributed by atoms with E-state index < -0.39 is 5.41 Å². The second-order valence-corrected chi connectivity index (χ2v) is 19.5. The Balaban J connectivity index is 0.976. The summed E-state index contributed by atoms with van der Waals surface area (Å²) in [6.07, 6.45) is 0. The Hall–Kier alpha value is -7.98. The maximum absolute atomic E-state index is 2.48. The van der Waals surface area contributed by atoms with Crippen molar-refractivity contribution in [1.29, 1.82) is 0 Å². The largest absolute Gasteiger partial charge is 0.310 e. The molecule has 1 aliphatic carbocycles.